The summed E-state index contributed by atoms with van der Waals surface area (Å²) in [6.45, 7) is 10.6. The first-order valence-corrected chi connectivity index (χ1v) is 11.5. The second-order valence-electron chi connectivity index (χ2n) is 9.19. The predicted octanol–water partition coefficient (Wildman–Crippen LogP) is 5.62. The quantitative estimate of drug-likeness (QED) is 0.491. The molecular formula is C26H31ClN4O2. The van der Waals surface area contributed by atoms with E-state index in [1.807, 2.05) is 44.2 Å². The number of nitrogens with zero attached hydrogens (tertiary/aromatic N) is 3. The van der Waals surface area contributed by atoms with E-state index in [1.54, 1.807) is 33.8 Å². The van der Waals surface area contributed by atoms with Crippen molar-refractivity contribution in [1.29, 1.82) is 0 Å². The summed E-state index contributed by atoms with van der Waals surface area (Å²) in [7, 11) is 0. The van der Waals surface area contributed by atoms with Crippen molar-refractivity contribution in [1.82, 2.24) is 14.7 Å². The smallest absolute Gasteiger partial charge is 0.254 e. The number of carbonyl (C=O) groups excluding carboxylic acids is 2. The van der Waals surface area contributed by atoms with Gasteiger partial charge in [0.1, 0.15) is 12.4 Å². The highest BCUT2D eigenvalue weighted by atomic mass is 35.5. The SMILES string of the molecule is CCCN(CC(=O)Nc1cc(C(C)(C)C)nn1-c1ccc(Cl)cc1)C(=O)c1ccc(C)cc1. The molecule has 3 rings (SSSR count). The minimum absolute atomic E-state index is 0.0444. The van der Waals surface area contributed by atoms with Crippen LogP contribution in [0.3, 0.4) is 0 Å². The standard InChI is InChI=1S/C26H31ClN4O2/c1-6-15-30(25(33)19-9-7-18(2)8-10-19)17-24(32)28-23-16-22(26(3,4)5)29-31(23)21-13-11-20(27)12-14-21/h7-14,16H,6,15,17H2,1-5H3,(H,28,32). The number of aromatic nitrogens is 2. The molecular weight excluding hydrogens is 436 g/mol. The zero-order valence-corrected chi connectivity index (χ0v) is 20.6. The molecule has 0 saturated heterocycles. The maximum Gasteiger partial charge on any atom is 0.254 e. The van der Waals surface area contributed by atoms with Crippen LogP contribution in [0.4, 0.5) is 5.82 Å². The third kappa shape index (κ3) is 6.23. The molecule has 33 heavy (non-hydrogen) atoms. The van der Waals surface area contributed by atoms with Gasteiger partial charge in [0.05, 0.1) is 11.4 Å². The van der Waals surface area contributed by atoms with Crippen molar-refractivity contribution < 1.29 is 9.59 Å². The molecule has 3 aromatic rings. The minimum atomic E-state index is -0.278. The van der Waals surface area contributed by atoms with Crippen molar-refractivity contribution in [3.05, 3.63) is 76.4 Å². The third-order valence-electron chi connectivity index (χ3n) is 5.23. The summed E-state index contributed by atoms with van der Waals surface area (Å²) in [6.07, 6.45) is 0.752. The molecule has 2 aromatic carbocycles. The zero-order valence-electron chi connectivity index (χ0n) is 19.9. The third-order valence-corrected chi connectivity index (χ3v) is 5.48. The van der Waals surface area contributed by atoms with E-state index in [9.17, 15) is 9.59 Å². The predicted molar refractivity (Wildman–Crippen MR) is 133 cm³/mol. The summed E-state index contributed by atoms with van der Waals surface area (Å²) in [6, 6.07) is 16.5. The number of hydrogen-bond donors (Lipinski definition) is 1. The molecule has 0 aliphatic heterocycles. The van der Waals surface area contributed by atoms with E-state index in [4.69, 9.17) is 16.7 Å². The second kappa shape index (κ2) is 10.2. The number of nitrogens with one attached hydrogen (secondary N) is 1. The highest BCUT2D eigenvalue weighted by Gasteiger charge is 2.23. The molecule has 0 saturated carbocycles. The maximum atomic E-state index is 13.0. The number of rotatable bonds is 7. The van der Waals surface area contributed by atoms with Crippen LogP contribution in [0.25, 0.3) is 5.69 Å². The molecule has 0 aliphatic rings. The lowest BCUT2D eigenvalue weighted by Crippen LogP contribution is -2.38. The molecule has 174 valence electrons. The van der Waals surface area contributed by atoms with Gasteiger partial charge in [-0.3, -0.25) is 9.59 Å². The van der Waals surface area contributed by atoms with Crippen molar-refractivity contribution in [2.24, 2.45) is 0 Å². The van der Waals surface area contributed by atoms with Crippen LogP contribution in [0.15, 0.2) is 54.6 Å². The number of amides is 2. The summed E-state index contributed by atoms with van der Waals surface area (Å²) in [4.78, 5) is 27.6. The molecule has 0 fully saturated rings. The van der Waals surface area contributed by atoms with E-state index in [-0.39, 0.29) is 23.8 Å². The van der Waals surface area contributed by atoms with Crippen molar-refractivity contribution in [2.45, 2.75) is 46.5 Å². The minimum Gasteiger partial charge on any atom is -0.329 e. The average molecular weight is 467 g/mol. The van der Waals surface area contributed by atoms with Gasteiger partial charge in [-0.25, -0.2) is 4.68 Å². The first-order chi connectivity index (χ1) is 15.6. The van der Waals surface area contributed by atoms with Crippen LogP contribution < -0.4 is 5.32 Å². The first-order valence-electron chi connectivity index (χ1n) is 11.1. The molecule has 1 N–H and O–H groups in total. The molecule has 7 heteroatoms. The van der Waals surface area contributed by atoms with Crippen LogP contribution in [0.1, 0.15) is 55.7 Å². The number of carbonyl (C=O) groups is 2. The Labute approximate surface area is 200 Å². The summed E-state index contributed by atoms with van der Waals surface area (Å²) >= 11 is 6.04. The number of hydrogen-bond acceptors (Lipinski definition) is 3. The Kier molecular flexibility index (Phi) is 7.59. The maximum absolute atomic E-state index is 13.0. The number of anilines is 1. The fourth-order valence-electron chi connectivity index (χ4n) is 3.37. The van der Waals surface area contributed by atoms with Crippen LogP contribution in [0.2, 0.25) is 5.02 Å². The van der Waals surface area contributed by atoms with Crippen LogP contribution in [0.5, 0.6) is 0 Å². The molecule has 0 radical (unpaired) electrons. The van der Waals surface area contributed by atoms with Gasteiger partial charge in [0.15, 0.2) is 0 Å². The lowest BCUT2D eigenvalue weighted by Gasteiger charge is -2.22. The molecule has 0 atom stereocenters. The molecule has 6 nitrogen and oxygen atoms in total. The monoisotopic (exact) mass is 466 g/mol. The van der Waals surface area contributed by atoms with Gasteiger partial charge in [0, 0.05) is 28.6 Å². The fourth-order valence-corrected chi connectivity index (χ4v) is 3.50. The zero-order chi connectivity index (χ0) is 24.2. The van der Waals surface area contributed by atoms with Gasteiger partial charge >= 0.3 is 0 Å². The Bertz CT molecular complexity index is 1110. The van der Waals surface area contributed by atoms with E-state index in [2.05, 4.69) is 26.1 Å². The van der Waals surface area contributed by atoms with E-state index < -0.39 is 0 Å². The van der Waals surface area contributed by atoms with E-state index in [1.165, 1.54) is 0 Å². The fraction of sp³-hybridized carbons (Fsp3) is 0.346. The Balaban J connectivity index is 1.84. The number of benzene rings is 2. The summed E-state index contributed by atoms with van der Waals surface area (Å²) < 4.78 is 1.70. The van der Waals surface area contributed by atoms with Crippen molar-refractivity contribution in [2.75, 3.05) is 18.4 Å². The lowest BCUT2D eigenvalue weighted by molar-refractivity contribution is -0.116. The first kappa shape index (κ1) is 24.5. The molecule has 0 spiro atoms. The van der Waals surface area contributed by atoms with E-state index in [0.717, 1.165) is 23.4 Å². The van der Waals surface area contributed by atoms with Crippen LogP contribution >= 0.6 is 11.6 Å². The normalized spacial score (nSPS) is 11.3. The summed E-state index contributed by atoms with van der Waals surface area (Å²) in [5.41, 5.74) is 3.08. The molecule has 1 heterocycles. The van der Waals surface area contributed by atoms with Crippen LogP contribution in [-0.2, 0) is 10.2 Å². The van der Waals surface area contributed by atoms with Gasteiger partial charge in [-0.15, -0.1) is 0 Å². The lowest BCUT2D eigenvalue weighted by atomic mass is 9.92. The van der Waals surface area contributed by atoms with Gasteiger partial charge < -0.3 is 10.2 Å². The molecule has 0 bridgehead atoms. The Morgan fingerprint density at radius 3 is 2.27 bits per heavy atom. The molecule has 0 unspecified atom stereocenters. The average Bonchev–Trinajstić information content (AvgIpc) is 3.18. The Morgan fingerprint density at radius 1 is 1.06 bits per heavy atom. The largest absolute Gasteiger partial charge is 0.329 e. The molecule has 0 aliphatic carbocycles. The van der Waals surface area contributed by atoms with Gasteiger partial charge in [-0.2, -0.15) is 5.10 Å². The van der Waals surface area contributed by atoms with E-state index in [0.29, 0.717) is 22.9 Å². The number of aryl methyl sites for hydroxylation is 1. The van der Waals surface area contributed by atoms with Gasteiger partial charge in [0.25, 0.3) is 5.91 Å². The molecule has 1 aromatic heterocycles. The van der Waals surface area contributed by atoms with E-state index >= 15 is 0 Å². The van der Waals surface area contributed by atoms with Crippen LogP contribution in [-0.4, -0.2) is 39.6 Å². The van der Waals surface area contributed by atoms with Gasteiger partial charge in [-0.1, -0.05) is 57.0 Å². The van der Waals surface area contributed by atoms with Crippen LogP contribution in [0, 0.1) is 6.92 Å². The molecule has 2 amide bonds. The Morgan fingerprint density at radius 2 is 1.70 bits per heavy atom. The summed E-state index contributed by atoms with van der Waals surface area (Å²) in [5, 5.41) is 8.30. The van der Waals surface area contributed by atoms with Gasteiger partial charge in [-0.05, 0) is 49.7 Å². The second-order valence-corrected chi connectivity index (χ2v) is 9.63. The highest BCUT2D eigenvalue weighted by molar-refractivity contribution is 6.30. The summed E-state index contributed by atoms with van der Waals surface area (Å²) in [5.74, 6) is 0.111. The van der Waals surface area contributed by atoms with Gasteiger partial charge in [0.2, 0.25) is 5.91 Å². The van der Waals surface area contributed by atoms with Crippen molar-refractivity contribution in [3.8, 4) is 5.69 Å². The number of halogens is 1. The topological polar surface area (TPSA) is 67.2 Å². The highest BCUT2D eigenvalue weighted by Crippen LogP contribution is 2.27. The van der Waals surface area contributed by atoms with Crippen molar-refractivity contribution in [3.63, 3.8) is 0 Å². The Hall–Kier alpha value is -3.12. The van der Waals surface area contributed by atoms with Crippen molar-refractivity contribution >= 4 is 29.2 Å².